The van der Waals surface area contributed by atoms with Gasteiger partial charge in [-0.3, -0.25) is 4.79 Å². The van der Waals surface area contributed by atoms with E-state index < -0.39 is 10.0 Å². The van der Waals surface area contributed by atoms with E-state index in [1.54, 1.807) is 22.5 Å². The maximum absolute atomic E-state index is 13.4. The van der Waals surface area contributed by atoms with Crippen LogP contribution in [0.4, 0.5) is 0 Å². The average molecular weight is 514 g/mol. The smallest absolute Gasteiger partial charge is 0.243 e. The lowest BCUT2D eigenvalue weighted by Crippen LogP contribution is -2.72. The van der Waals surface area contributed by atoms with Crippen molar-refractivity contribution in [3.05, 3.63) is 58.9 Å². The second kappa shape index (κ2) is 8.05. The number of aromatic nitrogens is 1. The quantitative estimate of drug-likeness (QED) is 0.536. The topological polar surface area (TPSA) is 92.5 Å². The molecule has 0 radical (unpaired) electrons. The zero-order chi connectivity index (χ0) is 24.5. The minimum atomic E-state index is -3.61. The summed E-state index contributed by atoms with van der Waals surface area (Å²) in [7, 11) is -3.61. The SMILES string of the molecule is CC(=O)NC1CN(S(=O)(=O)c2ccc(C)cc2)C1C1CC2(CC(c3nc4cc(Cl)ccc4o3)C2)C1. The zero-order valence-electron chi connectivity index (χ0n) is 19.7. The molecule has 1 aliphatic heterocycles. The van der Waals surface area contributed by atoms with E-state index >= 15 is 0 Å². The van der Waals surface area contributed by atoms with Gasteiger partial charge in [-0.2, -0.15) is 4.31 Å². The van der Waals surface area contributed by atoms with E-state index in [4.69, 9.17) is 16.0 Å². The number of hydrogen-bond donors (Lipinski definition) is 1. The van der Waals surface area contributed by atoms with Crippen LogP contribution in [0.3, 0.4) is 0 Å². The van der Waals surface area contributed by atoms with Gasteiger partial charge in [-0.15, -0.1) is 0 Å². The van der Waals surface area contributed by atoms with Crippen molar-refractivity contribution in [2.45, 2.75) is 62.4 Å². The van der Waals surface area contributed by atoms with Crippen molar-refractivity contribution in [3.8, 4) is 0 Å². The van der Waals surface area contributed by atoms with Crippen LogP contribution in [0.2, 0.25) is 5.02 Å². The number of hydrogen-bond acceptors (Lipinski definition) is 5. The van der Waals surface area contributed by atoms with Crippen molar-refractivity contribution in [3.63, 3.8) is 0 Å². The summed E-state index contributed by atoms with van der Waals surface area (Å²) in [5, 5.41) is 3.62. The van der Waals surface area contributed by atoms with Crippen molar-refractivity contribution >= 4 is 38.6 Å². The Morgan fingerprint density at radius 2 is 1.86 bits per heavy atom. The van der Waals surface area contributed by atoms with Crippen LogP contribution in [0, 0.1) is 18.3 Å². The molecule has 2 aliphatic carbocycles. The fraction of sp³-hybridized carbons (Fsp3) is 0.462. The predicted octanol–water partition coefficient (Wildman–Crippen LogP) is 4.64. The largest absolute Gasteiger partial charge is 0.440 e. The Bertz CT molecular complexity index is 1400. The molecule has 3 fully saturated rings. The number of halogens is 1. The van der Waals surface area contributed by atoms with Crippen LogP contribution in [-0.2, 0) is 14.8 Å². The van der Waals surface area contributed by atoms with Crippen molar-refractivity contribution in [2.24, 2.45) is 11.3 Å². The summed E-state index contributed by atoms with van der Waals surface area (Å²) in [5.74, 6) is 1.15. The van der Waals surface area contributed by atoms with Crippen LogP contribution >= 0.6 is 11.6 Å². The molecule has 7 nitrogen and oxygen atoms in total. The van der Waals surface area contributed by atoms with E-state index in [1.807, 2.05) is 31.2 Å². The molecule has 35 heavy (non-hydrogen) atoms. The highest BCUT2D eigenvalue weighted by Crippen LogP contribution is 2.65. The van der Waals surface area contributed by atoms with E-state index in [-0.39, 0.29) is 35.2 Å². The summed E-state index contributed by atoms with van der Waals surface area (Å²) in [6.07, 6.45) is 3.89. The van der Waals surface area contributed by atoms with Gasteiger partial charge in [0.1, 0.15) is 5.52 Å². The maximum atomic E-state index is 13.4. The third-order valence-corrected chi connectivity index (χ3v) is 10.2. The van der Waals surface area contributed by atoms with Crippen molar-refractivity contribution in [2.75, 3.05) is 6.54 Å². The number of benzene rings is 2. The molecule has 2 heterocycles. The first-order chi connectivity index (χ1) is 16.6. The van der Waals surface area contributed by atoms with Gasteiger partial charge in [-0.1, -0.05) is 29.3 Å². The minimum absolute atomic E-state index is 0.124. The lowest BCUT2D eigenvalue weighted by Gasteiger charge is -2.63. The molecule has 0 bridgehead atoms. The molecule has 1 saturated heterocycles. The number of rotatable bonds is 5. The van der Waals surface area contributed by atoms with E-state index in [9.17, 15) is 13.2 Å². The Balaban J connectivity index is 1.15. The third-order valence-electron chi connectivity index (χ3n) is 8.09. The van der Waals surface area contributed by atoms with E-state index in [1.165, 1.54) is 6.92 Å². The molecule has 2 saturated carbocycles. The van der Waals surface area contributed by atoms with E-state index in [0.29, 0.717) is 16.5 Å². The summed E-state index contributed by atoms with van der Waals surface area (Å²) < 4.78 is 34.3. The number of nitrogens with one attached hydrogen (secondary N) is 1. The molecule has 2 unspecified atom stereocenters. The molecule has 6 rings (SSSR count). The van der Waals surface area contributed by atoms with Crippen molar-refractivity contribution in [1.29, 1.82) is 0 Å². The third kappa shape index (κ3) is 3.86. The number of oxazole rings is 1. The van der Waals surface area contributed by atoms with Gasteiger partial charge in [-0.05, 0) is 74.3 Å². The van der Waals surface area contributed by atoms with Gasteiger partial charge in [0.25, 0.3) is 0 Å². The Morgan fingerprint density at radius 1 is 1.14 bits per heavy atom. The van der Waals surface area contributed by atoms with Crippen LogP contribution < -0.4 is 5.32 Å². The first-order valence-electron chi connectivity index (χ1n) is 12.1. The second-order valence-corrected chi connectivity index (χ2v) is 13.0. The van der Waals surface area contributed by atoms with Crippen LogP contribution in [0.5, 0.6) is 0 Å². The molecule has 2 aromatic carbocycles. The summed E-state index contributed by atoms with van der Waals surface area (Å²) >= 11 is 6.08. The van der Waals surface area contributed by atoms with Crippen molar-refractivity contribution in [1.82, 2.24) is 14.6 Å². The summed E-state index contributed by atoms with van der Waals surface area (Å²) in [6.45, 7) is 3.74. The van der Waals surface area contributed by atoms with Gasteiger partial charge >= 0.3 is 0 Å². The Labute approximate surface area is 209 Å². The van der Waals surface area contributed by atoms with Crippen LogP contribution in [0.25, 0.3) is 11.1 Å². The normalized spacial score (nSPS) is 30.5. The van der Waals surface area contributed by atoms with Crippen LogP contribution in [-0.4, -0.2) is 42.2 Å². The summed E-state index contributed by atoms with van der Waals surface area (Å²) in [4.78, 5) is 16.7. The zero-order valence-corrected chi connectivity index (χ0v) is 21.3. The summed E-state index contributed by atoms with van der Waals surface area (Å²) in [5.41, 5.74) is 2.76. The monoisotopic (exact) mass is 513 g/mol. The molecule has 3 aromatic rings. The van der Waals surface area contributed by atoms with E-state index in [2.05, 4.69) is 10.3 Å². The van der Waals surface area contributed by atoms with Gasteiger partial charge in [0.05, 0.1) is 10.9 Å². The average Bonchev–Trinajstić information content (AvgIpc) is 3.14. The molecular weight excluding hydrogens is 486 g/mol. The lowest BCUT2D eigenvalue weighted by molar-refractivity contribution is -0.125. The minimum Gasteiger partial charge on any atom is -0.440 e. The fourth-order valence-corrected chi connectivity index (χ4v) is 8.34. The molecule has 1 amide bonds. The van der Waals surface area contributed by atoms with Gasteiger partial charge in [0.2, 0.25) is 15.9 Å². The molecule has 1 aromatic heterocycles. The molecule has 2 atom stereocenters. The standard InChI is InChI=1S/C26H28ClN3O4S/c1-15-3-6-20(7-4-15)35(32,33)30-14-22(28-16(2)31)24(30)17-10-26(11-17)12-18(13-26)25-29-21-9-19(27)5-8-23(21)34-25/h3-9,17-18,22,24H,10-14H2,1-2H3,(H,28,31). The molecule has 3 aliphatic rings. The molecule has 9 heteroatoms. The van der Waals surface area contributed by atoms with Crippen molar-refractivity contribution < 1.29 is 17.6 Å². The van der Waals surface area contributed by atoms with Crippen LogP contribution in [0.1, 0.15) is 50.0 Å². The summed E-state index contributed by atoms with van der Waals surface area (Å²) in [6, 6.07) is 12.1. The number of fused-ring (bicyclic) bond motifs is 1. The van der Waals surface area contributed by atoms with E-state index in [0.717, 1.165) is 48.2 Å². The van der Waals surface area contributed by atoms with Gasteiger partial charge < -0.3 is 9.73 Å². The number of carbonyl (C=O) groups excluding carboxylic acids is 1. The number of carbonyl (C=O) groups is 1. The highest BCUT2D eigenvalue weighted by Gasteiger charge is 2.61. The molecule has 1 spiro atoms. The Kier molecular flexibility index (Phi) is 5.29. The maximum Gasteiger partial charge on any atom is 0.243 e. The highest BCUT2D eigenvalue weighted by atomic mass is 35.5. The fourth-order valence-electron chi connectivity index (χ4n) is 6.43. The van der Waals surface area contributed by atoms with Gasteiger partial charge in [-0.25, -0.2) is 13.4 Å². The Hall–Kier alpha value is -2.42. The first kappa shape index (κ1) is 23.0. The molecule has 184 valence electrons. The number of nitrogens with zero attached hydrogens (tertiary/aromatic N) is 2. The number of amides is 1. The van der Waals surface area contributed by atoms with Crippen LogP contribution in [0.15, 0.2) is 51.8 Å². The number of sulfonamides is 1. The molecular formula is C26H28ClN3O4S. The number of aryl methyl sites for hydroxylation is 1. The predicted molar refractivity (Wildman–Crippen MR) is 133 cm³/mol. The molecule has 1 N–H and O–H groups in total. The lowest BCUT2D eigenvalue weighted by atomic mass is 9.46. The second-order valence-electron chi connectivity index (χ2n) is 10.6. The Morgan fingerprint density at radius 3 is 2.54 bits per heavy atom. The highest BCUT2D eigenvalue weighted by molar-refractivity contribution is 7.89. The first-order valence-corrected chi connectivity index (χ1v) is 13.9. The van der Waals surface area contributed by atoms with Gasteiger partial charge in [0.15, 0.2) is 11.5 Å². The van der Waals surface area contributed by atoms with Gasteiger partial charge in [0, 0.05) is 30.5 Å².